The maximum absolute atomic E-state index is 13.3. The zero-order valence-electron chi connectivity index (χ0n) is 24.3. The number of nitrogens with zero attached hydrogens (tertiary/aromatic N) is 1. The monoisotopic (exact) mass is 466 g/mol. The summed E-state index contributed by atoms with van der Waals surface area (Å²) in [5.74, 6) is 0.370. The number of nitrogens with one attached hydrogen (secondary N) is 1. The van der Waals surface area contributed by atoms with Crippen LogP contribution in [0.25, 0.3) is 0 Å². The SMILES string of the molecule is CCC(C)(CC(C)(C)N(CC(C)(C)C(C)=O)C(C(C)=O)C(C)(C)CC(C)(C)CNC)C(C)=O. The first-order valence-corrected chi connectivity index (χ1v) is 12.5. The fourth-order valence-corrected chi connectivity index (χ4v) is 5.81. The third-order valence-corrected chi connectivity index (χ3v) is 7.78. The van der Waals surface area contributed by atoms with E-state index in [-0.39, 0.29) is 34.2 Å². The van der Waals surface area contributed by atoms with Gasteiger partial charge in [-0.25, -0.2) is 0 Å². The number of rotatable bonds is 15. The number of ketones is 3. The Labute approximate surface area is 204 Å². The Bertz CT molecular complexity index is 706. The number of carbonyl (C=O) groups excluding carboxylic acids is 3. The van der Waals surface area contributed by atoms with Crippen molar-refractivity contribution in [2.24, 2.45) is 21.7 Å². The van der Waals surface area contributed by atoms with E-state index in [1.807, 2.05) is 34.7 Å². The van der Waals surface area contributed by atoms with Crippen LogP contribution in [0.15, 0.2) is 0 Å². The Morgan fingerprint density at radius 3 is 1.64 bits per heavy atom. The highest BCUT2D eigenvalue weighted by atomic mass is 16.1. The van der Waals surface area contributed by atoms with Crippen molar-refractivity contribution in [3.05, 3.63) is 0 Å². The Hall–Kier alpha value is -1.07. The first-order chi connectivity index (χ1) is 14.6. The van der Waals surface area contributed by atoms with Gasteiger partial charge in [0, 0.05) is 22.9 Å². The van der Waals surface area contributed by atoms with Crippen LogP contribution in [0.5, 0.6) is 0 Å². The van der Waals surface area contributed by atoms with E-state index in [1.54, 1.807) is 20.8 Å². The minimum Gasteiger partial charge on any atom is -0.319 e. The van der Waals surface area contributed by atoms with E-state index in [0.717, 1.165) is 19.4 Å². The average Bonchev–Trinajstić information content (AvgIpc) is 2.58. The van der Waals surface area contributed by atoms with Gasteiger partial charge in [-0.15, -0.1) is 0 Å². The van der Waals surface area contributed by atoms with Crippen LogP contribution in [-0.4, -0.2) is 54.0 Å². The van der Waals surface area contributed by atoms with Crippen LogP contribution in [-0.2, 0) is 14.4 Å². The molecule has 0 fully saturated rings. The maximum Gasteiger partial charge on any atom is 0.147 e. The van der Waals surface area contributed by atoms with E-state index in [9.17, 15) is 14.4 Å². The number of carbonyl (C=O) groups is 3. The molecular weight excluding hydrogens is 412 g/mol. The second kappa shape index (κ2) is 11.1. The lowest BCUT2D eigenvalue weighted by Crippen LogP contribution is -2.62. The smallest absolute Gasteiger partial charge is 0.147 e. The third kappa shape index (κ3) is 8.58. The highest BCUT2D eigenvalue weighted by Gasteiger charge is 2.49. The summed E-state index contributed by atoms with van der Waals surface area (Å²) < 4.78 is 0. The Balaban J connectivity index is 6.72. The molecule has 2 unspecified atom stereocenters. The van der Waals surface area contributed by atoms with Crippen molar-refractivity contribution < 1.29 is 14.4 Å². The van der Waals surface area contributed by atoms with Gasteiger partial charge < -0.3 is 5.32 Å². The van der Waals surface area contributed by atoms with Gasteiger partial charge in [-0.1, -0.05) is 55.4 Å². The molecule has 2 atom stereocenters. The molecular formula is C28H54N2O3. The van der Waals surface area contributed by atoms with Gasteiger partial charge in [0.25, 0.3) is 0 Å². The van der Waals surface area contributed by atoms with Gasteiger partial charge in [-0.3, -0.25) is 19.3 Å². The van der Waals surface area contributed by atoms with E-state index < -0.39 is 16.4 Å². The molecule has 5 nitrogen and oxygen atoms in total. The molecule has 0 aliphatic heterocycles. The molecule has 0 heterocycles. The van der Waals surface area contributed by atoms with Gasteiger partial charge >= 0.3 is 0 Å². The Kier molecular flexibility index (Phi) is 10.8. The van der Waals surface area contributed by atoms with Crippen molar-refractivity contribution >= 4 is 17.3 Å². The van der Waals surface area contributed by atoms with Crippen molar-refractivity contribution in [1.29, 1.82) is 0 Å². The van der Waals surface area contributed by atoms with Crippen LogP contribution < -0.4 is 5.32 Å². The molecule has 0 spiro atoms. The minimum atomic E-state index is -0.611. The standard InChI is InChI=1S/C28H54N2O3/c1-15-28(13,22(4)33)17-27(11,12)30(19-26(9,10)21(3)32)23(20(2)31)25(7,8)16-24(5,6)18-29-14/h23,29H,15-19H2,1-14H3. The second-order valence-electron chi connectivity index (χ2n) is 13.4. The zero-order chi connectivity index (χ0) is 26.6. The minimum absolute atomic E-state index is 0.00479. The first-order valence-electron chi connectivity index (χ1n) is 12.5. The molecule has 0 aliphatic rings. The zero-order valence-corrected chi connectivity index (χ0v) is 24.3. The Morgan fingerprint density at radius 1 is 0.818 bits per heavy atom. The van der Waals surface area contributed by atoms with E-state index in [1.165, 1.54) is 0 Å². The van der Waals surface area contributed by atoms with Crippen molar-refractivity contribution in [2.45, 2.75) is 121 Å². The van der Waals surface area contributed by atoms with Crippen LogP contribution in [0, 0.1) is 21.7 Å². The summed E-state index contributed by atoms with van der Waals surface area (Å²) in [4.78, 5) is 40.8. The second-order valence-corrected chi connectivity index (χ2v) is 13.4. The van der Waals surface area contributed by atoms with Gasteiger partial charge in [0.05, 0.1) is 6.04 Å². The molecule has 0 aromatic heterocycles. The highest BCUT2D eigenvalue weighted by Crippen LogP contribution is 2.44. The van der Waals surface area contributed by atoms with Crippen LogP contribution in [0.2, 0.25) is 0 Å². The first kappa shape index (κ1) is 31.9. The summed E-state index contributed by atoms with van der Waals surface area (Å²) in [5, 5.41) is 3.28. The average molecular weight is 467 g/mol. The van der Waals surface area contributed by atoms with Crippen LogP contribution in [0.4, 0.5) is 0 Å². The molecule has 194 valence electrons. The molecule has 0 saturated carbocycles. The lowest BCUT2D eigenvalue weighted by atomic mass is 9.67. The van der Waals surface area contributed by atoms with E-state index in [2.05, 4.69) is 51.8 Å². The van der Waals surface area contributed by atoms with Crippen molar-refractivity contribution in [1.82, 2.24) is 10.2 Å². The lowest BCUT2D eigenvalue weighted by molar-refractivity contribution is -0.141. The number of hydrogen-bond acceptors (Lipinski definition) is 5. The molecule has 33 heavy (non-hydrogen) atoms. The summed E-state index contributed by atoms with van der Waals surface area (Å²) in [6.07, 6.45) is 2.20. The van der Waals surface area contributed by atoms with Crippen molar-refractivity contribution in [3.63, 3.8) is 0 Å². The molecule has 0 aromatic carbocycles. The summed E-state index contributed by atoms with van der Waals surface area (Å²) in [7, 11) is 1.95. The lowest BCUT2D eigenvalue weighted by Gasteiger charge is -2.53. The Morgan fingerprint density at radius 2 is 1.30 bits per heavy atom. The molecule has 0 aliphatic carbocycles. The van der Waals surface area contributed by atoms with Crippen LogP contribution in [0.1, 0.15) is 109 Å². The highest BCUT2D eigenvalue weighted by molar-refractivity contribution is 5.84. The fraction of sp³-hybridized carbons (Fsp3) is 0.893. The van der Waals surface area contributed by atoms with E-state index >= 15 is 0 Å². The number of Topliss-reactive ketones (excluding diaryl/α,β-unsaturated/α-hetero) is 3. The summed E-state index contributed by atoms with van der Waals surface area (Å²) in [6.45, 7) is 27.3. The maximum atomic E-state index is 13.3. The molecule has 0 saturated heterocycles. The summed E-state index contributed by atoms with van der Waals surface area (Å²) >= 11 is 0. The van der Waals surface area contributed by atoms with Gasteiger partial charge in [0.15, 0.2) is 0 Å². The van der Waals surface area contributed by atoms with E-state index in [0.29, 0.717) is 13.0 Å². The molecule has 0 bridgehead atoms. The van der Waals surface area contributed by atoms with Gasteiger partial charge in [-0.05, 0) is 78.3 Å². The molecule has 0 amide bonds. The molecule has 0 rings (SSSR count). The van der Waals surface area contributed by atoms with Gasteiger partial charge in [0.2, 0.25) is 0 Å². The largest absolute Gasteiger partial charge is 0.319 e. The predicted octanol–water partition coefficient (Wildman–Crippen LogP) is 5.70. The van der Waals surface area contributed by atoms with E-state index in [4.69, 9.17) is 0 Å². The summed E-state index contributed by atoms with van der Waals surface area (Å²) in [5.41, 5.74) is -1.91. The summed E-state index contributed by atoms with van der Waals surface area (Å²) in [6, 6.07) is -0.379. The van der Waals surface area contributed by atoms with Crippen molar-refractivity contribution in [3.8, 4) is 0 Å². The predicted molar refractivity (Wildman–Crippen MR) is 140 cm³/mol. The third-order valence-electron chi connectivity index (χ3n) is 7.78. The van der Waals surface area contributed by atoms with Gasteiger partial charge in [0.1, 0.15) is 17.3 Å². The van der Waals surface area contributed by atoms with Gasteiger partial charge in [-0.2, -0.15) is 0 Å². The quantitative estimate of drug-likeness (QED) is 0.335. The fourth-order valence-electron chi connectivity index (χ4n) is 5.81. The van der Waals surface area contributed by atoms with Crippen LogP contribution in [0.3, 0.4) is 0 Å². The normalized spacial score (nSPS) is 16.5. The van der Waals surface area contributed by atoms with Crippen LogP contribution >= 0.6 is 0 Å². The molecule has 1 N–H and O–H groups in total. The van der Waals surface area contributed by atoms with Crippen molar-refractivity contribution in [2.75, 3.05) is 20.1 Å². The topological polar surface area (TPSA) is 66.5 Å². The molecule has 5 heteroatoms. The molecule has 0 radical (unpaired) electrons. The number of hydrogen-bond donors (Lipinski definition) is 1. The molecule has 0 aromatic rings.